The second-order valence-electron chi connectivity index (χ2n) is 14.8. The zero-order valence-electron chi connectivity index (χ0n) is 31.6. The summed E-state index contributed by atoms with van der Waals surface area (Å²) in [6, 6.07) is 33.6. The molecule has 8 heteroatoms. The number of rotatable bonds is 16. The first-order chi connectivity index (χ1) is 26.8. The summed E-state index contributed by atoms with van der Waals surface area (Å²) in [7, 11) is 0. The van der Waals surface area contributed by atoms with E-state index in [-0.39, 0.29) is 0 Å². The van der Waals surface area contributed by atoms with Crippen LogP contribution in [0, 0.1) is 0 Å². The molecule has 2 aliphatic rings. The number of para-hydroxylation sites is 4. The molecule has 8 nitrogen and oxygen atoms in total. The third-order valence-electron chi connectivity index (χ3n) is 10.9. The number of aromatic nitrogens is 4. The minimum absolute atomic E-state index is 0.705. The minimum Gasteiger partial charge on any atom is -0.494 e. The molecule has 4 heterocycles. The highest BCUT2D eigenvalue weighted by Gasteiger charge is 2.15. The Labute approximate surface area is 320 Å². The lowest BCUT2D eigenvalue weighted by Crippen LogP contribution is -2.31. The summed E-state index contributed by atoms with van der Waals surface area (Å²) in [5.41, 5.74) is 6.40. The molecule has 4 aromatic carbocycles. The molecule has 0 radical (unpaired) electrons. The lowest BCUT2D eigenvalue weighted by Gasteiger charge is -2.26. The standard InChI is InChI=1S/C46H54N6O2/c1-7-27-49(28-8-1)31-13-35-53-39-23-19-37(20-24-39)45-47-41-15-3-5-17-43(41)51(45)33-11-12-34-52-44-18-6-4-16-42(44)48-46(52)38-21-25-40(26-22-38)54-36-14-32-50-29-9-2-10-30-50/h3-6,11-12,15-26H,1-2,7-10,13-14,27-36H2/b12-11+. The van der Waals surface area contributed by atoms with Crippen LogP contribution < -0.4 is 9.47 Å². The number of likely N-dealkylation sites (tertiary alicyclic amines) is 2. The van der Waals surface area contributed by atoms with Gasteiger partial charge in [0.1, 0.15) is 23.1 Å². The summed E-state index contributed by atoms with van der Waals surface area (Å²) in [6.07, 6.45) is 14.7. The van der Waals surface area contributed by atoms with E-state index in [2.05, 4.69) is 128 Å². The number of nitrogens with zero attached hydrogens (tertiary/aromatic N) is 6. The van der Waals surface area contributed by atoms with E-state index in [9.17, 15) is 0 Å². The van der Waals surface area contributed by atoms with Crippen molar-refractivity contribution in [1.29, 1.82) is 0 Å². The van der Waals surface area contributed by atoms with Crippen LogP contribution in [-0.4, -0.2) is 81.4 Å². The Morgan fingerprint density at radius 2 is 0.889 bits per heavy atom. The maximum atomic E-state index is 6.13. The van der Waals surface area contributed by atoms with Crippen LogP contribution in [0.4, 0.5) is 0 Å². The Bertz CT molecular complexity index is 1950. The van der Waals surface area contributed by atoms with Gasteiger partial charge in [-0.2, -0.15) is 0 Å². The van der Waals surface area contributed by atoms with Gasteiger partial charge in [-0.1, -0.05) is 49.3 Å². The maximum absolute atomic E-state index is 6.13. The van der Waals surface area contributed by atoms with E-state index in [1.807, 2.05) is 0 Å². The first kappa shape index (κ1) is 36.1. The van der Waals surface area contributed by atoms with Crippen LogP contribution >= 0.6 is 0 Å². The number of allylic oxidation sites excluding steroid dienone is 2. The second-order valence-corrected chi connectivity index (χ2v) is 14.8. The molecule has 2 aliphatic heterocycles. The first-order valence-corrected chi connectivity index (χ1v) is 20.3. The maximum Gasteiger partial charge on any atom is 0.141 e. The van der Waals surface area contributed by atoms with Crippen molar-refractivity contribution in [3.63, 3.8) is 0 Å². The molecule has 0 spiro atoms. The summed E-state index contributed by atoms with van der Waals surface area (Å²) >= 11 is 0. The van der Waals surface area contributed by atoms with Gasteiger partial charge in [0.25, 0.3) is 0 Å². The molecule has 0 aliphatic carbocycles. The molecule has 280 valence electrons. The predicted octanol–water partition coefficient (Wildman–Crippen LogP) is 9.49. The summed E-state index contributed by atoms with van der Waals surface area (Å²) in [5.74, 6) is 3.74. The largest absolute Gasteiger partial charge is 0.494 e. The SMILES string of the molecule is C(=C\Cn1c(-c2ccc(OCCCN3CCCCC3)cc2)nc2ccccc21)/Cn1c(-c2ccc(OCCCN3CCCCC3)cc2)nc2ccccc21. The van der Waals surface area contributed by atoms with Gasteiger partial charge in [-0.05, 0) is 138 Å². The highest BCUT2D eigenvalue weighted by molar-refractivity contribution is 5.82. The van der Waals surface area contributed by atoms with Crippen LogP contribution in [0.15, 0.2) is 109 Å². The molecule has 2 saturated heterocycles. The van der Waals surface area contributed by atoms with E-state index in [0.29, 0.717) is 13.1 Å². The van der Waals surface area contributed by atoms with Crippen molar-refractivity contribution in [2.24, 2.45) is 0 Å². The fraction of sp³-hybridized carbons (Fsp3) is 0.391. The van der Waals surface area contributed by atoms with E-state index in [0.717, 1.165) is 95.5 Å². The molecule has 54 heavy (non-hydrogen) atoms. The van der Waals surface area contributed by atoms with Gasteiger partial charge in [0.05, 0.1) is 35.3 Å². The summed E-state index contributed by atoms with van der Waals surface area (Å²) in [4.78, 5) is 15.3. The van der Waals surface area contributed by atoms with Crippen LogP contribution in [0.3, 0.4) is 0 Å². The topological polar surface area (TPSA) is 60.6 Å². The average molecular weight is 723 g/mol. The van der Waals surface area contributed by atoms with Gasteiger partial charge in [0.2, 0.25) is 0 Å². The van der Waals surface area contributed by atoms with Crippen molar-refractivity contribution < 1.29 is 9.47 Å². The van der Waals surface area contributed by atoms with Gasteiger partial charge in [0.15, 0.2) is 0 Å². The molecular formula is C46H54N6O2. The monoisotopic (exact) mass is 722 g/mol. The van der Waals surface area contributed by atoms with Crippen LogP contribution in [-0.2, 0) is 13.1 Å². The Morgan fingerprint density at radius 3 is 1.31 bits per heavy atom. The molecule has 0 bridgehead atoms. The van der Waals surface area contributed by atoms with E-state index < -0.39 is 0 Å². The Kier molecular flexibility index (Phi) is 12.0. The first-order valence-electron chi connectivity index (χ1n) is 20.3. The van der Waals surface area contributed by atoms with E-state index in [4.69, 9.17) is 19.4 Å². The third kappa shape index (κ3) is 8.88. The van der Waals surface area contributed by atoms with E-state index >= 15 is 0 Å². The van der Waals surface area contributed by atoms with Crippen molar-refractivity contribution in [2.75, 3.05) is 52.5 Å². The smallest absolute Gasteiger partial charge is 0.141 e. The van der Waals surface area contributed by atoms with Gasteiger partial charge in [-0.3, -0.25) is 0 Å². The number of benzene rings is 4. The quantitative estimate of drug-likeness (QED) is 0.0733. The van der Waals surface area contributed by atoms with Gasteiger partial charge in [-0.15, -0.1) is 0 Å². The zero-order valence-corrected chi connectivity index (χ0v) is 31.6. The molecule has 0 N–H and O–H groups in total. The minimum atomic E-state index is 0.705. The number of hydrogen-bond acceptors (Lipinski definition) is 6. The second kappa shape index (κ2) is 17.9. The van der Waals surface area contributed by atoms with Gasteiger partial charge in [0, 0.05) is 37.3 Å². The van der Waals surface area contributed by atoms with E-state index in [1.54, 1.807) is 0 Å². The Hall–Kier alpha value is -4.92. The number of fused-ring (bicyclic) bond motifs is 2. The normalized spacial score (nSPS) is 15.8. The van der Waals surface area contributed by atoms with Gasteiger partial charge in [-0.25, -0.2) is 9.97 Å². The lowest BCUT2D eigenvalue weighted by atomic mass is 10.1. The van der Waals surface area contributed by atoms with Crippen LogP contribution in [0.2, 0.25) is 0 Å². The molecule has 0 amide bonds. The number of imidazole rings is 2. The van der Waals surface area contributed by atoms with Crippen molar-refractivity contribution >= 4 is 22.1 Å². The van der Waals surface area contributed by atoms with Crippen molar-refractivity contribution in [3.8, 4) is 34.3 Å². The van der Waals surface area contributed by atoms with Crippen LogP contribution in [0.25, 0.3) is 44.8 Å². The molecule has 2 fully saturated rings. The Balaban J connectivity index is 0.923. The van der Waals surface area contributed by atoms with Gasteiger partial charge < -0.3 is 28.4 Å². The van der Waals surface area contributed by atoms with Crippen LogP contribution in [0.1, 0.15) is 51.4 Å². The average Bonchev–Trinajstić information content (AvgIpc) is 3.79. The lowest BCUT2D eigenvalue weighted by molar-refractivity contribution is 0.205. The molecule has 2 aromatic heterocycles. The summed E-state index contributed by atoms with van der Waals surface area (Å²) < 4.78 is 16.9. The van der Waals surface area contributed by atoms with E-state index in [1.165, 1.54) is 64.7 Å². The fourth-order valence-corrected chi connectivity index (χ4v) is 8.04. The van der Waals surface area contributed by atoms with Crippen molar-refractivity contribution in [2.45, 2.75) is 64.5 Å². The zero-order chi connectivity index (χ0) is 36.4. The summed E-state index contributed by atoms with van der Waals surface area (Å²) in [5, 5.41) is 0. The van der Waals surface area contributed by atoms with Gasteiger partial charge >= 0.3 is 0 Å². The molecule has 8 rings (SSSR count). The molecule has 0 unspecified atom stereocenters. The molecular weight excluding hydrogens is 669 g/mol. The Morgan fingerprint density at radius 1 is 0.481 bits per heavy atom. The summed E-state index contributed by atoms with van der Waals surface area (Å²) in [6.45, 7) is 10.1. The number of hydrogen-bond donors (Lipinski definition) is 0. The molecule has 0 saturated carbocycles. The van der Waals surface area contributed by atoms with Crippen LogP contribution in [0.5, 0.6) is 11.5 Å². The fourth-order valence-electron chi connectivity index (χ4n) is 8.04. The number of piperidine rings is 2. The predicted molar refractivity (Wildman–Crippen MR) is 220 cm³/mol. The third-order valence-corrected chi connectivity index (χ3v) is 10.9. The number of ether oxygens (including phenoxy) is 2. The highest BCUT2D eigenvalue weighted by atomic mass is 16.5. The van der Waals surface area contributed by atoms with Crippen molar-refractivity contribution in [3.05, 3.63) is 109 Å². The molecule has 6 aromatic rings. The molecule has 0 atom stereocenters. The van der Waals surface area contributed by atoms with Crippen molar-refractivity contribution in [1.82, 2.24) is 28.9 Å². The highest BCUT2D eigenvalue weighted by Crippen LogP contribution is 2.29.